The number of methoxy groups -OCH3 is 1. The van der Waals surface area contributed by atoms with E-state index in [2.05, 4.69) is 13.8 Å². The van der Waals surface area contributed by atoms with Gasteiger partial charge in [0, 0.05) is 19.2 Å². The van der Waals surface area contributed by atoms with Gasteiger partial charge in [0.25, 0.3) is 0 Å². The molecule has 0 bridgehead atoms. The molecule has 25 heavy (non-hydrogen) atoms. The van der Waals surface area contributed by atoms with E-state index in [0.717, 1.165) is 24.2 Å². The number of hydrogen-bond donors (Lipinski definition) is 0. The third-order valence-corrected chi connectivity index (χ3v) is 4.65. The first-order chi connectivity index (χ1) is 12.0. The number of benzene rings is 1. The Morgan fingerprint density at radius 3 is 2.60 bits per heavy atom. The SMILES string of the molecule is COc1cc(/C=C/C(=O)N(C)C2CCCCC2)ccc1OCC(C)C. The first kappa shape index (κ1) is 19.4. The summed E-state index contributed by atoms with van der Waals surface area (Å²) in [6.45, 7) is 4.87. The highest BCUT2D eigenvalue weighted by molar-refractivity contribution is 5.91. The third-order valence-electron chi connectivity index (χ3n) is 4.65. The van der Waals surface area contributed by atoms with Crippen LogP contribution in [0.25, 0.3) is 6.08 Å². The van der Waals surface area contributed by atoms with Crippen LogP contribution in [-0.2, 0) is 4.79 Å². The molecular weight excluding hydrogens is 314 g/mol. The van der Waals surface area contributed by atoms with Gasteiger partial charge in [-0.3, -0.25) is 4.79 Å². The van der Waals surface area contributed by atoms with Crippen LogP contribution in [-0.4, -0.2) is 37.6 Å². The summed E-state index contributed by atoms with van der Waals surface area (Å²) < 4.78 is 11.2. The highest BCUT2D eigenvalue weighted by Gasteiger charge is 2.20. The molecule has 0 spiro atoms. The van der Waals surface area contributed by atoms with Crippen LogP contribution in [0, 0.1) is 5.92 Å². The van der Waals surface area contributed by atoms with Crippen LogP contribution >= 0.6 is 0 Å². The topological polar surface area (TPSA) is 38.8 Å². The fourth-order valence-electron chi connectivity index (χ4n) is 3.10. The van der Waals surface area contributed by atoms with Gasteiger partial charge >= 0.3 is 0 Å². The molecule has 4 nitrogen and oxygen atoms in total. The van der Waals surface area contributed by atoms with E-state index in [1.807, 2.05) is 36.2 Å². The Kier molecular flexibility index (Phi) is 7.35. The molecule has 1 amide bonds. The number of ether oxygens (including phenoxy) is 2. The molecule has 0 N–H and O–H groups in total. The summed E-state index contributed by atoms with van der Waals surface area (Å²) in [4.78, 5) is 14.3. The van der Waals surface area contributed by atoms with Gasteiger partial charge in [-0.15, -0.1) is 0 Å². The molecule has 1 fully saturated rings. The number of nitrogens with zero attached hydrogens (tertiary/aromatic N) is 1. The van der Waals surface area contributed by atoms with Gasteiger partial charge in [0.1, 0.15) is 0 Å². The van der Waals surface area contributed by atoms with Gasteiger partial charge in [0.15, 0.2) is 11.5 Å². The summed E-state index contributed by atoms with van der Waals surface area (Å²) in [6.07, 6.45) is 9.47. The van der Waals surface area contributed by atoms with Crippen LogP contribution in [0.5, 0.6) is 11.5 Å². The average molecular weight is 345 g/mol. The first-order valence-corrected chi connectivity index (χ1v) is 9.27. The highest BCUT2D eigenvalue weighted by atomic mass is 16.5. The van der Waals surface area contributed by atoms with Crippen molar-refractivity contribution in [3.05, 3.63) is 29.8 Å². The van der Waals surface area contributed by atoms with Crippen LogP contribution in [0.4, 0.5) is 0 Å². The van der Waals surface area contributed by atoms with Crippen molar-refractivity contribution in [1.29, 1.82) is 0 Å². The zero-order valence-electron chi connectivity index (χ0n) is 16.0. The smallest absolute Gasteiger partial charge is 0.246 e. The predicted octanol–water partition coefficient (Wildman–Crippen LogP) is 4.53. The van der Waals surface area contributed by atoms with Crippen molar-refractivity contribution in [3.63, 3.8) is 0 Å². The molecule has 1 aliphatic carbocycles. The number of carbonyl (C=O) groups excluding carboxylic acids is 1. The molecule has 2 rings (SSSR count). The van der Waals surface area contributed by atoms with Crippen molar-refractivity contribution in [3.8, 4) is 11.5 Å². The monoisotopic (exact) mass is 345 g/mol. The second-order valence-electron chi connectivity index (χ2n) is 7.19. The van der Waals surface area contributed by atoms with Crippen molar-refractivity contribution in [1.82, 2.24) is 4.90 Å². The number of amides is 1. The number of carbonyl (C=O) groups is 1. The maximum Gasteiger partial charge on any atom is 0.246 e. The molecule has 0 heterocycles. The lowest BCUT2D eigenvalue weighted by atomic mass is 9.94. The maximum atomic E-state index is 12.4. The van der Waals surface area contributed by atoms with E-state index in [4.69, 9.17) is 9.47 Å². The Balaban J connectivity index is 2.00. The van der Waals surface area contributed by atoms with Gasteiger partial charge in [0.2, 0.25) is 5.91 Å². The lowest BCUT2D eigenvalue weighted by Gasteiger charge is -2.30. The second-order valence-corrected chi connectivity index (χ2v) is 7.19. The van der Waals surface area contributed by atoms with Crippen LogP contribution in [0.1, 0.15) is 51.5 Å². The van der Waals surface area contributed by atoms with Crippen molar-refractivity contribution in [2.24, 2.45) is 5.92 Å². The Morgan fingerprint density at radius 1 is 1.24 bits per heavy atom. The molecule has 0 atom stereocenters. The quantitative estimate of drug-likeness (QED) is 0.681. The lowest BCUT2D eigenvalue weighted by Crippen LogP contribution is -2.37. The van der Waals surface area contributed by atoms with E-state index >= 15 is 0 Å². The van der Waals surface area contributed by atoms with Crippen molar-refractivity contribution in [2.75, 3.05) is 20.8 Å². The zero-order chi connectivity index (χ0) is 18.2. The second kappa shape index (κ2) is 9.50. The van der Waals surface area contributed by atoms with Gasteiger partial charge < -0.3 is 14.4 Å². The van der Waals surface area contributed by atoms with Gasteiger partial charge in [-0.1, -0.05) is 39.2 Å². The minimum absolute atomic E-state index is 0.0611. The fourth-order valence-corrected chi connectivity index (χ4v) is 3.10. The summed E-state index contributed by atoms with van der Waals surface area (Å²) in [5, 5.41) is 0. The molecule has 0 saturated heterocycles. The van der Waals surface area contributed by atoms with Crippen LogP contribution in [0.15, 0.2) is 24.3 Å². The highest BCUT2D eigenvalue weighted by Crippen LogP contribution is 2.29. The standard InChI is InChI=1S/C21H31NO3/c1-16(2)15-25-19-12-10-17(14-20(19)24-4)11-13-21(23)22(3)18-8-6-5-7-9-18/h10-14,16,18H,5-9,15H2,1-4H3/b13-11+. The summed E-state index contributed by atoms with van der Waals surface area (Å²) >= 11 is 0. The van der Waals surface area contributed by atoms with E-state index in [1.54, 1.807) is 13.2 Å². The van der Waals surface area contributed by atoms with Gasteiger partial charge in [-0.05, 0) is 42.5 Å². The Labute approximate surface area is 151 Å². The Morgan fingerprint density at radius 2 is 1.96 bits per heavy atom. The molecule has 4 heteroatoms. The Bertz CT molecular complexity index is 589. The van der Waals surface area contributed by atoms with Crippen LogP contribution in [0.3, 0.4) is 0 Å². The minimum atomic E-state index is 0.0611. The molecular formula is C21H31NO3. The van der Waals surface area contributed by atoms with E-state index in [0.29, 0.717) is 24.3 Å². The van der Waals surface area contributed by atoms with Gasteiger partial charge in [-0.2, -0.15) is 0 Å². The number of hydrogen-bond acceptors (Lipinski definition) is 3. The molecule has 1 aromatic carbocycles. The van der Waals surface area contributed by atoms with Crippen LogP contribution < -0.4 is 9.47 Å². The van der Waals surface area contributed by atoms with E-state index < -0.39 is 0 Å². The minimum Gasteiger partial charge on any atom is -0.493 e. The van der Waals surface area contributed by atoms with Crippen LogP contribution in [0.2, 0.25) is 0 Å². The van der Waals surface area contributed by atoms with E-state index in [1.165, 1.54) is 19.3 Å². The van der Waals surface area contributed by atoms with Crippen molar-refractivity contribution < 1.29 is 14.3 Å². The van der Waals surface area contributed by atoms with E-state index in [9.17, 15) is 4.79 Å². The fraction of sp³-hybridized carbons (Fsp3) is 0.571. The zero-order valence-corrected chi connectivity index (χ0v) is 16.0. The molecule has 0 unspecified atom stereocenters. The predicted molar refractivity (Wildman–Crippen MR) is 102 cm³/mol. The molecule has 138 valence electrons. The summed E-state index contributed by atoms with van der Waals surface area (Å²) in [5.74, 6) is 1.94. The molecule has 1 aliphatic rings. The Hall–Kier alpha value is -1.97. The maximum absolute atomic E-state index is 12.4. The normalized spacial score (nSPS) is 15.6. The van der Waals surface area contributed by atoms with Crippen molar-refractivity contribution in [2.45, 2.75) is 52.0 Å². The summed E-state index contributed by atoms with van der Waals surface area (Å²) in [7, 11) is 3.54. The summed E-state index contributed by atoms with van der Waals surface area (Å²) in [6, 6.07) is 6.13. The first-order valence-electron chi connectivity index (χ1n) is 9.27. The van der Waals surface area contributed by atoms with Crippen molar-refractivity contribution >= 4 is 12.0 Å². The third kappa shape index (κ3) is 5.80. The van der Waals surface area contributed by atoms with Gasteiger partial charge in [-0.25, -0.2) is 0 Å². The van der Waals surface area contributed by atoms with Gasteiger partial charge in [0.05, 0.1) is 13.7 Å². The molecule has 0 aromatic heterocycles. The molecule has 1 saturated carbocycles. The summed E-state index contributed by atoms with van der Waals surface area (Å²) in [5.41, 5.74) is 0.930. The average Bonchev–Trinajstić information content (AvgIpc) is 2.64. The number of likely N-dealkylation sites (N-methyl/N-ethyl adjacent to an activating group) is 1. The molecule has 0 aliphatic heterocycles. The van der Waals surface area contributed by atoms with E-state index in [-0.39, 0.29) is 5.91 Å². The number of rotatable bonds is 7. The largest absolute Gasteiger partial charge is 0.493 e. The molecule has 0 radical (unpaired) electrons. The lowest BCUT2D eigenvalue weighted by molar-refractivity contribution is -0.127. The molecule has 1 aromatic rings.